The van der Waals surface area contributed by atoms with Gasteiger partial charge in [0.15, 0.2) is 22.8 Å². The molecule has 2 fully saturated rings. The molecule has 7 rings (SSSR count). The number of aromatic nitrogens is 4. The minimum atomic E-state index is -0.990. The topological polar surface area (TPSA) is 104 Å². The van der Waals surface area contributed by atoms with Crippen molar-refractivity contribution in [3.05, 3.63) is 72.2 Å². The minimum absolute atomic E-state index is 0.0160. The normalized spacial score (nSPS) is 32.8. The van der Waals surface area contributed by atoms with Crippen LogP contribution in [0.2, 0.25) is 0 Å². The summed E-state index contributed by atoms with van der Waals surface area (Å²) in [6, 6.07) is 9.89. The lowest BCUT2D eigenvalue weighted by molar-refractivity contribution is -0.185. The fourth-order valence-electron chi connectivity index (χ4n) is 9.00. The highest BCUT2D eigenvalue weighted by molar-refractivity contribution is 5.92. The molecule has 3 aromatic rings. The molecule has 43 heavy (non-hydrogen) atoms. The summed E-state index contributed by atoms with van der Waals surface area (Å²) in [5.41, 5.74) is 3.73. The van der Waals surface area contributed by atoms with Crippen LogP contribution in [-0.4, -0.2) is 42.9 Å². The highest BCUT2D eigenvalue weighted by atomic mass is 16.6. The number of rotatable bonds is 3. The third-order valence-corrected chi connectivity index (χ3v) is 11.0. The molecule has 1 aromatic carbocycles. The second kappa shape index (κ2) is 10.6. The van der Waals surface area contributed by atoms with Gasteiger partial charge in [0.05, 0.1) is 11.9 Å². The van der Waals surface area contributed by atoms with E-state index >= 15 is 0 Å². The van der Waals surface area contributed by atoms with Crippen molar-refractivity contribution in [2.75, 3.05) is 0 Å². The summed E-state index contributed by atoms with van der Waals surface area (Å²) in [5.74, 6) is 1.03. The van der Waals surface area contributed by atoms with Crippen LogP contribution in [0.5, 0.6) is 0 Å². The van der Waals surface area contributed by atoms with Gasteiger partial charge in [-0.15, -0.1) is 0 Å². The zero-order valence-electron chi connectivity index (χ0n) is 25.7. The van der Waals surface area contributed by atoms with Gasteiger partial charge in [-0.2, -0.15) is 5.10 Å². The van der Waals surface area contributed by atoms with Crippen molar-refractivity contribution in [1.82, 2.24) is 19.7 Å². The summed E-state index contributed by atoms with van der Waals surface area (Å²) in [6.45, 7) is 9.63. The van der Waals surface area contributed by atoms with Crippen LogP contribution in [0.25, 0.3) is 16.9 Å². The van der Waals surface area contributed by atoms with Crippen LogP contribution in [0.3, 0.4) is 0 Å². The van der Waals surface area contributed by atoms with E-state index in [-0.39, 0.29) is 28.4 Å². The molecule has 0 radical (unpaired) electrons. The lowest BCUT2D eigenvalue weighted by Gasteiger charge is -2.58. The second-order valence-corrected chi connectivity index (χ2v) is 13.2. The van der Waals surface area contributed by atoms with Crippen LogP contribution >= 0.6 is 0 Å². The van der Waals surface area contributed by atoms with E-state index in [1.807, 2.05) is 36.4 Å². The zero-order valence-corrected chi connectivity index (χ0v) is 25.7. The standard InChI is InChI=1S/C24H32O4.C11H8N4/c1-14-12-18-19(22(4)9-6-17(27)13-21(14)22)7-10-23(5)20(18)8-11-24(23,15(2)25)28-16(3)26;1-2-4-9(5-3-1)15-11-10(8-14-15)12-6-7-13-11/h12-13,18-20H,6-11H2,1-5H3;1-8H/t18-,19+,20+,22-,23+,24+;/m1./s1. The van der Waals surface area contributed by atoms with Gasteiger partial charge in [-0.25, -0.2) is 14.6 Å². The number of carbonyl (C=O) groups is 3. The van der Waals surface area contributed by atoms with Gasteiger partial charge >= 0.3 is 5.97 Å². The summed E-state index contributed by atoms with van der Waals surface area (Å²) < 4.78 is 7.60. The van der Waals surface area contributed by atoms with Crippen molar-refractivity contribution in [3.63, 3.8) is 0 Å². The predicted octanol–water partition coefficient (Wildman–Crippen LogP) is 6.39. The number of para-hydroxylation sites is 1. The number of allylic oxidation sites excluding steroid dienone is 4. The molecule has 0 amide bonds. The van der Waals surface area contributed by atoms with Crippen LogP contribution in [0.15, 0.2) is 72.2 Å². The molecule has 4 aliphatic rings. The number of Topliss-reactive ketones (excluding diaryl/α,β-unsaturated/α-hetero) is 1. The Morgan fingerprint density at radius 1 is 0.977 bits per heavy atom. The highest BCUT2D eigenvalue weighted by Gasteiger charge is 2.67. The maximum absolute atomic E-state index is 12.8. The third kappa shape index (κ3) is 4.57. The quantitative estimate of drug-likeness (QED) is 0.331. The number of ketones is 2. The van der Waals surface area contributed by atoms with Gasteiger partial charge in [0.2, 0.25) is 0 Å². The molecule has 2 saturated carbocycles. The minimum Gasteiger partial charge on any atom is -0.451 e. The number of ether oxygens (including phenoxy) is 1. The largest absolute Gasteiger partial charge is 0.451 e. The summed E-state index contributed by atoms with van der Waals surface area (Å²) >= 11 is 0. The van der Waals surface area contributed by atoms with Crippen LogP contribution in [0, 0.1) is 28.6 Å². The van der Waals surface area contributed by atoms with Gasteiger partial charge in [0, 0.05) is 31.2 Å². The molecule has 224 valence electrons. The van der Waals surface area contributed by atoms with Crippen LogP contribution in [0.1, 0.15) is 73.1 Å². The van der Waals surface area contributed by atoms with E-state index in [2.05, 4.69) is 41.9 Å². The molecule has 2 aromatic heterocycles. The number of esters is 1. The lowest BCUT2D eigenvalue weighted by atomic mass is 9.47. The number of carbonyl (C=O) groups excluding carboxylic acids is 3. The maximum atomic E-state index is 12.8. The van der Waals surface area contributed by atoms with Gasteiger partial charge in [-0.1, -0.05) is 43.7 Å². The van der Waals surface area contributed by atoms with Crippen LogP contribution in [0.4, 0.5) is 0 Å². The van der Waals surface area contributed by atoms with E-state index in [0.717, 1.165) is 42.5 Å². The van der Waals surface area contributed by atoms with Gasteiger partial charge in [0.25, 0.3) is 0 Å². The molecule has 0 aliphatic heterocycles. The molecule has 2 heterocycles. The number of fused-ring (bicyclic) bond motifs is 6. The summed E-state index contributed by atoms with van der Waals surface area (Å²) in [7, 11) is 0. The summed E-state index contributed by atoms with van der Waals surface area (Å²) in [5, 5.41) is 4.26. The Hall–Kier alpha value is -3.94. The van der Waals surface area contributed by atoms with Gasteiger partial charge in [-0.3, -0.25) is 14.4 Å². The fourth-order valence-corrected chi connectivity index (χ4v) is 9.00. The van der Waals surface area contributed by atoms with Crippen molar-refractivity contribution < 1.29 is 19.1 Å². The molecule has 8 heteroatoms. The maximum Gasteiger partial charge on any atom is 0.303 e. The average molecular weight is 581 g/mol. The lowest BCUT2D eigenvalue weighted by Crippen LogP contribution is -2.58. The van der Waals surface area contributed by atoms with E-state index in [4.69, 9.17) is 4.74 Å². The molecule has 0 unspecified atom stereocenters. The first-order chi connectivity index (χ1) is 20.5. The Morgan fingerprint density at radius 3 is 2.42 bits per heavy atom. The molecule has 0 N–H and O–H groups in total. The Bertz CT molecular complexity index is 1660. The summed E-state index contributed by atoms with van der Waals surface area (Å²) in [6.07, 6.45) is 14.3. The number of nitrogens with zero attached hydrogens (tertiary/aromatic N) is 4. The van der Waals surface area contributed by atoms with E-state index in [9.17, 15) is 14.4 Å². The monoisotopic (exact) mass is 580 g/mol. The molecule has 4 aliphatic carbocycles. The first kappa shape index (κ1) is 29.1. The zero-order chi connectivity index (χ0) is 30.6. The Balaban J connectivity index is 0.000000183. The molecule has 6 atom stereocenters. The van der Waals surface area contributed by atoms with Crippen LogP contribution in [-0.2, 0) is 19.1 Å². The molecular weight excluding hydrogens is 540 g/mol. The second-order valence-electron chi connectivity index (χ2n) is 13.2. The average Bonchev–Trinajstić information content (AvgIpc) is 3.54. The number of hydrogen-bond acceptors (Lipinski definition) is 7. The third-order valence-electron chi connectivity index (χ3n) is 11.0. The van der Waals surface area contributed by atoms with Crippen molar-refractivity contribution >= 4 is 28.7 Å². The van der Waals surface area contributed by atoms with Gasteiger partial charge in [-0.05, 0) is 92.9 Å². The molecular formula is C35H40N4O4. The number of benzene rings is 1. The summed E-state index contributed by atoms with van der Waals surface area (Å²) in [4.78, 5) is 45.2. The fraction of sp³-hybridized carbons (Fsp3) is 0.486. The van der Waals surface area contributed by atoms with E-state index in [0.29, 0.717) is 30.6 Å². The van der Waals surface area contributed by atoms with Crippen molar-refractivity contribution in [2.45, 2.75) is 78.7 Å². The van der Waals surface area contributed by atoms with Gasteiger partial charge in [0.1, 0.15) is 5.52 Å². The number of hydrogen-bond donors (Lipinski definition) is 0. The first-order valence-corrected chi connectivity index (χ1v) is 15.3. The first-order valence-electron chi connectivity index (χ1n) is 15.3. The van der Waals surface area contributed by atoms with Crippen molar-refractivity contribution in [1.29, 1.82) is 0 Å². The SMILES string of the molecule is CC(=O)O[C@]1(C(C)=O)CC[C@H]2[C@@H]3C=C(C)C4=CC(=O)CC[C@]4(C)[C@H]3CC[C@@]21C.c1ccc(-n2ncc3nccnc32)cc1. The molecule has 8 nitrogen and oxygen atoms in total. The Labute approximate surface area is 252 Å². The Morgan fingerprint density at radius 2 is 1.70 bits per heavy atom. The van der Waals surface area contributed by atoms with Gasteiger partial charge < -0.3 is 4.74 Å². The Kier molecular flexibility index (Phi) is 7.22. The molecule has 0 bridgehead atoms. The molecule has 0 saturated heterocycles. The predicted molar refractivity (Wildman–Crippen MR) is 163 cm³/mol. The highest BCUT2D eigenvalue weighted by Crippen LogP contribution is 2.67. The smallest absolute Gasteiger partial charge is 0.303 e. The van der Waals surface area contributed by atoms with Crippen molar-refractivity contribution in [2.24, 2.45) is 28.6 Å². The van der Waals surface area contributed by atoms with Crippen molar-refractivity contribution in [3.8, 4) is 5.69 Å². The van der Waals surface area contributed by atoms with Crippen LogP contribution < -0.4 is 0 Å². The molecule has 0 spiro atoms. The van der Waals surface area contributed by atoms with E-state index in [1.54, 1.807) is 30.2 Å². The van der Waals surface area contributed by atoms with E-state index < -0.39 is 5.60 Å². The van der Waals surface area contributed by atoms with E-state index in [1.165, 1.54) is 18.1 Å².